The Balaban J connectivity index is 2.49. The van der Waals surface area contributed by atoms with Crippen molar-refractivity contribution in [3.05, 3.63) is 47.3 Å². The van der Waals surface area contributed by atoms with Gasteiger partial charge in [-0.3, -0.25) is 0 Å². The van der Waals surface area contributed by atoms with Crippen LogP contribution in [0.25, 0.3) is 5.69 Å². The van der Waals surface area contributed by atoms with Gasteiger partial charge in [-0.25, -0.2) is 4.68 Å². The van der Waals surface area contributed by atoms with Crippen molar-refractivity contribution in [2.24, 2.45) is 0 Å². The SMILES string of the molecule is CCNC(C)c1ccccc1-n1nc(CC)cc1CC. The zero-order valence-electron chi connectivity index (χ0n) is 13.0. The lowest BCUT2D eigenvalue weighted by Gasteiger charge is -2.18. The summed E-state index contributed by atoms with van der Waals surface area (Å²) in [5, 5.41) is 8.25. The quantitative estimate of drug-likeness (QED) is 0.869. The third kappa shape index (κ3) is 2.93. The van der Waals surface area contributed by atoms with Crippen molar-refractivity contribution in [3.63, 3.8) is 0 Å². The topological polar surface area (TPSA) is 29.9 Å². The Morgan fingerprint density at radius 3 is 2.55 bits per heavy atom. The first kappa shape index (κ1) is 14.8. The number of hydrogen-bond donors (Lipinski definition) is 1. The molecule has 1 unspecified atom stereocenters. The van der Waals surface area contributed by atoms with E-state index in [9.17, 15) is 0 Å². The number of rotatable bonds is 6. The number of hydrogen-bond acceptors (Lipinski definition) is 2. The molecule has 0 saturated carbocycles. The molecule has 0 saturated heterocycles. The van der Waals surface area contributed by atoms with Gasteiger partial charge in [0.1, 0.15) is 0 Å². The lowest BCUT2D eigenvalue weighted by atomic mass is 10.1. The summed E-state index contributed by atoms with van der Waals surface area (Å²) in [5.41, 5.74) is 4.93. The highest BCUT2D eigenvalue weighted by Gasteiger charge is 2.14. The van der Waals surface area contributed by atoms with E-state index in [1.807, 2.05) is 0 Å². The summed E-state index contributed by atoms with van der Waals surface area (Å²) >= 11 is 0. The molecule has 3 nitrogen and oxygen atoms in total. The molecular weight excluding hydrogens is 246 g/mol. The Labute approximate surface area is 122 Å². The summed E-state index contributed by atoms with van der Waals surface area (Å²) in [4.78, 5) is 0. The Morgan fingerprint density at radius 1 is 1.15 bits per heavy atom. The van der Waals surface area contributed by atoms with Gasteiger partial charge in [-0.15, -0.1) is 0 Å². The zero-order chi connectivity index (χ0) is 14.5. The van der Waals surface area contributed by atoms with Crippen LogP contribution in [-0.4, -0.2) is 16.3 Å². The second-order valence-corrected chi connectivity index (χ2v) is 5.08. The van der Waals surface area contributed by atoms with Crippen molar-refractivity contribution in [1.29, 1.82) is 0 Å². The lowest BCUT2D eigenvalue weighted by molar-refractivity contribution is 0.591. The highest BCUT2D eigenvalue weighted by Crippen LogP contribution is 2.23. The molecule has 0 spiro atoms. The highest BCUT2D eigenvalue weighted by molar-refractivity contribution is 5.43. The van der Waals surface area contributed by atoms with Crippen LogP contribution in [0.5, 0.6) is 0 Å². The molecule has 0 aliphatic heterocycles. The van der Waals surface area contributed by atoms with Gasteiger partial charge in [0, 0.05) is 11.7 Å². The molecule has 0 aliphatic rings. The zero-order valence-corrected chi connectivity index (χ0v) is 13.0. The van der Waals surface area contributed by atoms with Crippen LogP contribution in [0.1, 0.15) is 50.7 Å². The van der Waals surface area contributed by atoms with Gasteiger partial charge in [0.2, 0.25) is 0 Å². The molecule has 0 amide bonds. The van der Waals surface area contributed by atoms with Gasteiger partial charge in [-0.2, -0.15) is 5.10 Å². The molecule has 1 atom stereocenters. The average molecular weight is 271 g/mol. The number of benzene rings is 1. The minimum Gasteiger partial charge on any atom is -0.310 e. The summed E-state index contributed by atoms with van der Waals surface area (Å²) in [6.45, 7) is 9.65. The van der Waals surface area contributed by atoms with E-state index in [-0.39, 0.29) is 0 Å². The van der Waals surface area contributed by atoms with Crippen molar-refractivity contribution in [2.45, 2.75) is 46.6 Å². The Hall–Kier alpha value is -1.61. The fourth-order valence-electron chi connectivity index (χ4n) is 2.57. The van der Waals surface area contributed by atoms with Gasteiger partial charge in [-0.05, 0) is 44.0 Å². The molecule has 3 heteroatoms. The molecule has 2 aromatic rings. The van der Waals surface area contributed by atoms with Crippen LogP contribution in [0, 0.1) is 0 Å². The van der Waals surface area contributed by atoms with E-state index in [0.717, 1.165) is 25.1 Å². The molecule has 20 heavy (non-hydrogen) atoms. The van der Waals surface area contributed by atoms with E-state index < -0.39 is 0 Å². The maximum atomic E-state index is 4.76. The van der Waals surface area contributed by atoms with Crippen LogP contribution >= 0.6 is 0 Å². The van der Waals surface area contributed by atoms with E-state index in [2.05, 4.69) is 68.0 Å². The largest absolute Gasteiger partial charge is 0.310 e. The normalized spacial score (nSPS) is 12.6. The number of nitrogens with one attached hydrogen (secondary N) is 1. The van der Waals surface area contributed by atoms with E-state index in [1.165, 1.54) is 16.9 Å². The van der Waals surface area contributed by atoms with E-state index >= 15 is 0 Å². The molecular formula is C17H25N3. The second-order valence-electron chi connectivity index (χ2n) is 5.08. The maximum absolute atomic E-state index is 4.76. The fourth-order valence-corrected chi connectivity index (χ4v) is 2.57. The molecule has 1 heterocycles. The van der Waals surface area contributed by atoms with Gasteiger partial charge in [0.05, 0.1) is 11.4 Å². The Morgan fingerprint density at radius 2 is 1.90 bits per heavy atom. The number of para-hydroxylation sites is 1. The van der Waals surface area contributed by atoms with Crippen molar-refractivity contribution in [1.82, 2.24) is 15.1 Å². The minimum absolute atomic E-state index is 0.329. The molecule has 0 fully saturated rings. The fraction of sp³-hybridized carbons (Fsp3) is 0.471. The van der Waals surface area contributed by atoms with Crippen molar-refractivity contribution in [3.8, 4) is 5.69 Å². The van der Waals surface area contributed by atoms with E-state index in [0.29, 0.717) is 6.04 Å². The first-order chi connectivity index (χ1) is 9.71. The first-order valence-corrected chi connectivity index (χ1v) is 7.61. The van der Waals surface area contributed by atoms with Gasteiger partial charge in [0.25, 0.3) is 0 Å². The highest BCUT2D eigenvalue weighted by atomic mass is 15.3. The van der Waals surface area contributed by atoms with Gasteiger partial charge in [0.15, 0.2) is 0 Å². The molecule has 0 radical (unpaired) electrons. The summed E-state index contributed by atoms with van der Waals surface area (Å²) in [7, 11) is 0. The molecule has 1 N–H and O–H groups in total. The van der Waals surface area contributed by atoms with Crippen molar-refractivity contribution >= 4 is 0 Å². The Kier molecular flexibility index (Phi) is 4.96. The smallest absolute Gasteiger partial charge is 0.0696 e. The minimum atomic E-state index is 0.329. The average Bonchev–Trinajstić information content (AvgIpc) is 2.90. The van der Waals surface area contributed by atoms with Crippen LogP contribution in [0.15, 0.2) is 30.3 Å². The molecule has 1 aromatic heterocycles. The number of nitrogens with zero attached hydrogens (tertiary/aromatic N) is 2. The summed E-state index contributed by atoms with van der Waals surface area (Å²) < 4.78 is 2.11. The predicted molar refractivity (Wildman–Crippen MR) is 84.4 cm³/mol. The molecule has 108 valence electrons. The standard InChI is InChI=1S/C17H25N3/c1-5-14-12-15(6-2)20(19-14)17-11-9-8-10-16(17)13(4)18-7-3/h8-13,18H,5-7H2,1-4H3. The molecule has 0 aliphatic carbocycles. The van der Waals surface area contributed by atoms with Crippen LogP contribution in [0.2, 0.25) is 0 Å². The summed E-state index contributed by atoms with van der Waals surface area (Å²) in [5.74, 6) is 0. The molecule has 0 bridgehead atoms. The summed E-state index contributed by atoms with van der Waals surface area (Å²) in [6.07, 6.45) is 1.97. The third-order valence-corrected chi connectivity index (χ3v) is 3.70. The third-order valence-electron chi connectivity index (χ3n) is 3.70. The van der Waals surface area contributed by atoms with Gasteiger partial charge >= 0.3 is 0 Å². The number of aromatic nitrogens is 2. The van der Waals surface area contributed by atoms with Gasteiger partial charge < -0.3 is 5.32 Å². The van der Waals surface area contributed by atoms with E-state index in [4.69, 9.17) is 5.10 Å². The van der Waals surface area contributed by atoms with Gasteiger partial charge in [-0.1, -0.05) is 39.0 Å². The molecule has 2 rings (SSSR count). The van der Waals surface area contributed by atoms with Crippen LogP contribution in [0.3, 0.4) is 0 Å². The van der Waals surface area contributed by atoms with E-state index in [1.54, 1.807) is 0 Å². The molecule has 1 aromatic carbocycles. The first-order valence-electron chi connectivity index (χ1n) is 7.61. The maximum Gasteiger partial charge on any atom is 0.0696 e. The van der Waals surface area contributed by atoms with Crippen LogP contribution < -0.4 is 5.32 Å². The number of aryl methyl sites for hydroxylation is 2. The monoisotopic (exact) mass is 271 g/mol. The van der Waals surface area contributed by atoms with Crippen LogP contribution in [0.4, 0.5) is 0 Å². The van der Waals surface area contributed by atoms with Crippen LogP contribution in [-0.2, 0) is 12.8 Å². The predicted octanol–water partition coefficient (Wildman–Crippen LogP) is 3.67. The second kappa shape index (κ2) is 6.71. The van der Waals surface area contributed by atoms with Crippen molar-refractivity contribution < 1.29 is 0 Å². The lowest BCUT2D eigenvalue weighted by Crippen LogP contribution is -2.20. The summed E-state index contributed by atoms with van der Waals surface area (Å²) in [6, 6.07) is 11.1. The Bertz CT molecular complexity index is 557. The van der Waals surface area contributed by atoms with Crippen molar-refractivity contribution in [2.75, 3.05) is 6.54 Å².